The van der Waals surface area contributed by atoms with Crippen LogP contribution in [0.2, 0.25) is 0 Å². The summed E-state index contributed by atoms with van der Waals surface area (Å²) in [6.07, 6.45) is 13.6. The quantitative estimate of drug-likeness (QED) is 0.675. The number of fused-ring (bicyclic) bond motifs is 1. The molecule has 166 valence electrons. The van der Waals surface area contributed by atoms with E-state index < -0.39 is 0 Å². The second-order valence-electron chi connectivity index (χ2n) is 9.89. The summed E-state index contributed by atoms with van der Waals surface area (Å²) in [5.41, 5.74) is 6.21. The Morgan fingerprint density at radius 2 is 1.94 bits per heavy atom. The van der Waals surface area contributed by atoms with Gasteiger partial charge in [-0.3, -0.25) is 0 Å². The first-order chi connectivity index (χ1) is 15.2. The van der Waals surface area contributed by atoms with Crippen molar-refractivity contribution < 1.29 is 0 Å². The molecule has 5 heterocycles. The molecule has 0 bridgehead atoms. The molecule has 0 radical (unpaired) electrons. The van der Waals surface area contributed by atoms with Crippen molar-refractivity contribution in [2.45, 2.75) is 50.6 Å². The van der Waals surface area contributed by atoms with Gasteiger partial charge in [0, 0.05) is 55.4 Å². The van der Waals surface area contributed by atoms with Gasteiger partial charge in [0.15, 0.2) is 0 Å². The van der Waals surface area contributed by atoms with Gasteiger partial charge in [0.25, 0.3) is 0 Å². The van der Waals surface area contributed by atoms with Gasteiger partial charge in [-0.15, -0.1) is 11.3 Å². The molecule has 31 heavy (non-hydrogen) atoms. The van der Waals surface area contributed by atoms with Crippen LogP contribution in [0.25, 0.3) is 5.70 Å². The number of thiophene rings is 1. The van der Waals surface area contributed by atoms with Crippen LogP contribution in [-0.4, -0.2) is 67.2 Å². The molecule has 5 aliphatic rings. The highest BCUT2D eigenvalue weighted by Crippen LogP contribution is 2.43. The SMILES string of the molecule is Cc1cc2c(s1)C(N1CCC3(CCCN3)C1)=CC(C1=CC=C(N3CCNCC3)CC1)N2. The van der Waals surface area contributed by atoms with Crippen LogP contribution in [0, 0.1) is 6.92 Å². The molecule has 2 unspecified atom stereocenters. The van der Waals surface area contributed by atoms with E-state index in [-0.39, 0.29) is 0 Å². The van der Waals surface area contributed by atoms with E-state index in [0.717, 1.165) is 39.1 Å². The second-order valence-corrected chi connectivity index (χ2v) is 11.1. The number of rotatable bonds is 3. The number of nitrogens with zero attached hydrogens (tertiary/aromatic N) is 2. The summed E-state index contributed by atoms with van der Waals surface area (Å²) in [6, 6.07) is 2.66. The summed E-state index contributed by atoms with van der Waals surface area (Å²) in [7, 11) is 0. The zero-order chi connectivity index (χ0) is 20.8. The molecule has 2 atom stereocenters. The Hall–Kier alpha value is -1.76. The van der Waals surface area contributed by atoms with Gasteiger partial charge < -0.3 is 25.8 Å². The fourth-order valence-electron chi connectivity index (χ4n) is 6.12. The standard InChI is InChI=1S/C25H35N5S/c1-18-15-22-24(31-18)23(30-12-8-25(17-30)7-2-9-27-25)16-21(28-22)19-3-5-20(6-4-19)29-13-10-26-11-14-29/h3,5,15-16,21,26-28H,2,4,6-14,17H2,1H3. The van der Waals surface area contributed by atoms with E-state index in [0.29, 0.717) is 11.6 Å². The van der Waals surface area contributed by atoms with Gasteiger partial charge in [-0.05, 0) is 69.4 Å². The highest BCUT2D eigenvalue weighted by atomic mass is 32.1. The van der Waals surface area contributed by atoms with Crippen molar-refractivity contribution in [1.29, 1.82) is 0 Å². The largest absolute Gasteiger partial charge is 0.374 e. The Bertz CT molecular complexity index is 930. The van der Waals surface area contributed by atoms with Crippen molar-refractivity contribution in [3.63, 3.8) is 0 Å². The van der Waals surface area contributed by atoms with Crippen LogP contribution in [0.4, 0.5) is 5.69 Å². The molecular weight excluding hydrogens is 402 g/mol. The van der Waals surface area contributed by atoms with Gasteiger partial charge in [0.2, 0.25) is 0 Å². The third-order valence-corrected chi connectivity index (χ3v) is 8.91. The van der Waals surface area contributed by atoms with E-state index in [1.54, 1.807) is 0 Å². The second kappa shape index (κ2) is 7.98. The summed E-state index contributed by atoms with van der Waals surface area (Å²) in [5.74, 6) is 0. The molecule has 4 aliphatic heterocycles. The monoisotopic (exact) mass is 437 g/mol. The number of hydrogen-bond donors (Lipinski definition) is 3. The molecule has 0 amide bonds. The molecule has 1 aromatic heterocycles. The average Bonchev–Trinajstić information content (AvgIpc) is 3.54. The number of piperazine rings is 1. The minimum atomic E-state index is 0.311. The van der Waals surface area contributed by atoms with Crippen LogP contribution in [0.15, 0.2) is 35.6 Å². The van der Waals surface area contributed by atoms with E-state index in [1.165, 1.54) is 71.2 Å². The number of allylic oxidation sites excluding steroid dienone is 3. The summed E-state index contributed by atoms with van der Waals surface area (Å²) in [6.45, 7) is 10.3. The molecule has 0 aromatic carbocycles. The molecule has 6 rings (SSSR count). The van der Waals surface area contributed by atoms with Crippen molar-refractivity contribution in [1.82, 2.24) is 20.4 Å². The molecular formula is C25H35N5S. The van der Waals surface area contributed by atoms with Gasteiger partial charge in [0.05, 0.1) is 22.3 Å². The van der Waals surface area contributed by atoms with Crippen molar-refractivity contribution in [2.75, 3.05) is 51.1 Å². The Morgan fingerprint density at radius 3 is 2.71 bits per heavy atom. The van der Waals surface area contributed by atoms with E-state index in [9.17, 15) is 0 Å². The zero-order valence-electron chi connectivity index (χ0n) is 18.7. The lowest BCUT2D eigenvalue weighted by Crippen LogP contribution is -2.43. The van der Waals surface area contributed by atoms with E-state index >= 15 is 0 Å². The Labute approximate surface area is 190 Å². The third-order valence-electron chi connectivity index (χ3n) is 7.83. The maximum Gasteiger partial charge on any atom is 0.0736 e. The summed E-state index contributed by atoms with van der Waals surface area (Å²) >= 11 is 1.95. The number of hydrogen-bond acceptors (Lipinski definition) is 6. The highest BCUT2D eigenvalue weighted by Gasteiger charge is 2.42. The minimum Gasteiger partial charge on any atom is -0.374 e. The number of anilines is 1. The Morgan fingerprint density at radius 1 is 1.03 bits per heavy atom. The molecule has 5 nitrogen and oxygen atoms in total. The number of aryl methyl sites for hydroxylation is 1. The number of nitrogens with one attached hydrogen (secondary N) is 3. The summed E-state index contributed by atoms with van der Waals surface area (Å²) in [5, 5.41) is 11.2. The molecule has 3 saturated heterocycles. The Kier molecular flexibility index (Phi) is 5.12. The van der Waals surface area contributed by atoms with E-state index in [2.05, 4.69) is 57.0 Å². The van der Waals surface area contributed by atoms with Gasteiger partial charge in [-0.25, -0.2) is 0 Å². The topological polar surface area (TPSA) is 42.6 Å². The van der Waals surface area contributed by atoms with Crippen LogP contribution in [0.1, 0.15) is 41.9 Å². The van der Waals surface area contributed by atoms with E-state index in [4.69, 9.17) is 0 Å². The fourth-order valence-corrected chi connectivity index (χ4v) is 7.14. The normalized spacial score (nSPS) is 30.7. The van der Waals surface area contributed by atoms with Crippen LogP contribution < -0.4 is 16.0 Å². The van der Waals surface area contributed by atoms with E-state index in [1.807, 2.05) is 11.3 Å². The van der Waals surface area contributed by atoms with Gasteiger partial charge in [-0.2, -0.15) is 0 Å². The lowest BCUT2D eigenvalue weighted by Gasteiger charge is -2.35. The smallest absolute Gasteiger partial charge is 0.0736 e. The summed E-state index contributed by atoms with van der Waals surface area (Å²) in [4.78, 5) is 8.08. The maximum atomic E-state index is 3.87. The minimum absolute atomic E-state index is 0.311. The van der Waals surface area contributed by atoms with Gasteiger partial charge in [-0.1, -0.05) is 6.08 Å². The lowest BCUT2D eigenvalue weighted by atomic mass is 9.92. The van der Waals surface area contributed by atoms with Crippen LogP contribution >= 0.6 is 11.3 Å². The molecule has 1 aliphatic carbocycles. The fraction of sp³-hybridized carbons (Fsp3) is 0.600. The van der Waals surface area contributed by atoms with Crippen molar-refractivity contribution >= 4 is 22.7 Å². The first-order valence-corrected chi connectivity index (χ1v) is 13.0. The number of likely N-dealkylation sites (tertiary alicyclic amines) is 1. The van der Waals surface area contributed by atoms with Crippen LogP contribution in [0.5, 0.6) is 0 Å². The van der Waals surface area contributed by atoms with Crippen LogP contribution in [0.3, 0.4) is 0 Å². The predicted octanol–water partition coefficient (Wildman–Crippen LogP) is 3.53. The summed E-state index contributed by atoms with van der Waals surface area (Å²) < 4.78 is 0. The Balaban J connectivity index is 1.26. The maximum absolute atomic E-state index is 3.87. The first-order valence-electron chi connectivity index (χ1n) is 12.1. The molecule has 1 spiro atoms. The molecule has 3 N–H and O–H groups in total. The third kappa shape index (κ3) is 3.73. The highest BCUT2D eigenvalue weighted by molar-refractivity contribution is 7.13. The zero-order valence-corrected chi connectivity index (χ0v) is 19.5. The van der Waals surface area contributed by atoms with Gasteiger partial charge in [0.1, 0.15) is 0 Å². The molecule has 1 aromatic rings. The first kappa shape index (κ1) is 19.9. The van der Waals surface area contributed by atoms with Crippen molar-refractivity contribution in [2.24, 2.45) is 0 Å². The predicted molar refractivity (Wildman–Crippen MR) is 130 cm³/mol. The van der Waals surface area contributed by atoms with Gasteiger partial charge >= 0.3 is 0 Å². The van der Waals surface area contributed by atoms with Crippen molar-refractivity contribution in [3.8, 4) is 0 Å². The van der Waals surface area contributed by atoms with Crippen LogP contribution in [-0.2, 0) is 0 Å². The molecule has 3 fully saturated rings. The average molecular weight is 438 g/mol. The molecule has 0 saturated carbocycles. The molecule has 6 heteroatoms. The lowest BCUT2D eigenvalue weighted by molar-refractivity contribution is 0.289. The van der Waals surface area contributed by atoms with Crippen molar-refractivity contribution in [3.05, 3.63) is 45.3 Å².